The molecule has 0 unspecified atom stereocenters. The minimum Gasteiger partial charge on any atom is -0.508 e. The molecule has 0 saturated heterocycles. The van der Waals surface area contributed by atoms with Crippen molar-refractivity contribution in [2.75, 3.05) is 79.5 Å². The second-order valence-corrected chi connectivity index (χ2v) is 27.1. The normalized spacial score (nSPS) is 10.4. The van der Waals surface area contributed by atoms with Gasteiger partial charge >= 0.3 is 40.2 Å². The van der Waals surface area contributed by atoms with Crippen molar-refractivity contribution in [2.24, 2.45) is 16.7 Å². The third-order valence-corrected chi connectivity index (χ3v) is 19.5. The van der Waals surface area contributed by atoms with Crippen molar-refractivity contribution in [3.05, 3.63) is 149 Å². The van der Waals surface area contributed by atoms with Gasteiger partial charge in [-0.15, -0.1) is 0 Å². The average Bonchev–Trinajstić information content (AvgIpc) is 0.839. The Morgan fingerprint density at radius 3 is 0.893 bits per heavy atom. The van der Waals surface area contributed by atoms with Crippen LogP contribution in [-0.2, 0) is 29.3 Å². The number of aromatic hydroxyl groups is 2. The molecule has 5 aromatic carbocycles. The highest BCUT2D eigenvalue weighted by molar-refractivity contribution is 9.11. The number of alkyl halides is 5. The highest BCUT2D eigenvalue weighted by Crippen LogP contribution is 2.30. The lowest BCUT2D eigenvalue weighted by molar-refractivity contribution is 0.0480. The second kappa shape index (κ2) is 58.5. The molecular formula is C65H87B12Br5O20S. The van der Waals surface area contributed by atoms with Gasteiger partial charge in [0.15, 0.2) is 0 Å². The summed E-state index contributed by atoms with van der Waals surface area (Å²) < 4.78 is 71.4. The van der Waals surface area contributed by atoms with Gasteiger partial charge in [0.25, 0.3) is 0 Å². The number of carbonyl (C=O) groups is 5. The first-order chi connectivity index (χ1) is 48.6. The molecule has 0 heterocycles. The van der Waals surface area contributed by atoms with E-state index in [1.54, 1.807) is 84.9 Å². The Hall–Kier alpha value is -4.54. The van der Waals surface area contributed by atoms with Gasteiger partial charge in [-0.2, -0.15) is 8.42 Å². The summed E-state index contributed by atoms with van der Waals surface area (Å²) in [5, 5.41) is 38.9. The van der Waals surface area contributed by atoms with Gasteiger partial charge in [-0.25, -0.2) is 24.0 Å². The molecule has 0 saturated carbocycles. The molecular weight excluding hydrogens is 1660 g/mol. The van der Waals surface area contributed by atoms with Gasteiger partial charge in [-0.1, -0.05) is 177 Å². The number of hydrogen-bond acceptors (Lipinski definition) is 17. The summed E-state index contributed by atoms with van der Waals surface area (Å²) in [5.41, 5.74) is 1.25. The van der Waals surface area contributed by atoms with Crippen LogP contribution in [0, 0.1) is 16.7 Å². The minimum atomic E-state index is -4.67. The van der Waals surface area contributed by atoms with Crippen LogP contribution in [0.1, 0.15) is 145 Å². The molecule has 6 N–H and O–H groups in total. The predicted octanol–water partition coefficient (Wildman–Crippen LogP) is 10.9. The van der Waals surface area contributed by atoms with E-state index in [0.29, 0.717) is 89.2 Å². The van der Waals surface area contributed by atoms with E-state index in [0.717, 1.165) is 72.7 Å². The lowest BCUT2D eigenvalue weighted by Crippen LogP contribution is -2.67. The van der Waals surface area contributed by atoms with Gasteiger partial charge in [0.2, 0.25) is 0 Å². The summed E-state index contributed by atoms with van der Waals surface area (Å²) in [6.07, 6.45) is 3.79. The van der Waals surface area contributed by atoms with Gasteiger partial charge in [-0.3, -0.25) is 9.11 Å². The monoisotopic (exact) mass is 1750 g/mol. The molecule has 0 amide bonds. The molecule has 103 heavy (non-hydrogen) atoms. The van der Waals surface area contributed by atoms with E-state index in [9.17, 15) is 24.0 Å². The zero-order valence-corrected chi connectivity index (χ0v) is 67.8. The molecule has 38 heteroatoms. The lowest BCUT2D eigenvalue weighted by atomic mass is 8.53. The first-order valence-electron chi connectivity index (χ1n) is 32.7. The Kier molecular flexibility index (Phi) is 57.1. The zero-order chi connectivity index (χ0) is 78.6. The fraction of sp³-hybridized carbons (Fsp3) is 0.462. The van der Waals surface area contributed by atoms with E-state index in [1.807, 2.05) is 41.5 Å². The molecule has 544 valence electrons. The number of carboxylic acid groups (broad SMARTS) is 1. The maximum absolute atomic E-state index is 12.6. The van der Waals surface area contributed by atoms with Crippen LogP contribution in [0.25, 0.3) is 0 Å². The topological polar surface area (TPSA) is 305 Å². The molecule has 0 spiro atoms. The summed E-state index contributed by atoms with van der Waals surface area (Å²) in [5.74, 6) is -0.692. The van der Waals surface area contributed by atoms with Crippen molar-refractivity contribution < 1.29 is 95.1 Å². The van der Waals surface area contributed by atoms with E-state index in [4.69, 9.17) is 125 Å². The molecule has 14 radical (unpaired) electrons. The number of carbonyl (C=O) groups excluding carboxylic acids is 4. The van der Waals surface area contributed by atoms with E-state index in [2.05, 4.69) is 79.6 Å². The molecule has 0 aliphatic heterocycles. The summed E-state index contributed by atoms with van der Waals surface area (Å²) in [4.78, 5) is 59.2. The number of aliphatic hydroxyl groups excluding tert-OH is 1. The van der Waals surface area contributed by atoms with Gasteiger partial charge < -0.3 is 53.6 Å². The molecule has 5 rings (SSSR count). The van der Waals surface area contributed by atoms with Crippen molar-refractivity contribution in [2.45, 2.75) is 92.9 Å². The summed E-state index contributed by atoms with van der Waals surface area (Å²) >= 11 is 17.5. The first-order valence-corrected chi connectivity index (χ1v) is 39.7. The van der Waals surface area contributed by atoms with Crippen molar-refractivity contribution in [1.29, 1.82) is 0 Å². The molecule has 0 fully saturated rings. The quantitative estimate of drug-likeness (QED) is 0.00542. The Bertz CT molecular complexity index is 3080. The second-order valence-electron chi connectivity index (χ2n) is 23.4. The number of unbranched alkanes of at least 4 members (excludes halogenated alkanes) is 4. The maximum atomic E-state index is 12.6. The van der Waals surface area contributed by atoms with Crippen LogP contribution < -0.4 is 14.2 Å². The van der Waals surface area contributed by atoms with E-state index < -0.39 is 71.6 Å². The van der Waals surface area contributed by atoms with Crippen molar-refractivity contribution >= 4 is 206 Å². The highest BCUT2D eigenvalue weighted by Gasteiger charge is 2.34. The standard InChI is InChI=1S/C38H47BrO9.C11H14O3.C7H6O3.C5H8Br4.C4H10O.B12.H2O4S/c1-4-7-19-43-35(40)29-13-10-16-32(22-29)46-26-38(25-39,27-47-33-17-11-14-30(23-33)36(41)44-20-8-5-2)28-48-34-18-12-15-31(24-34)37(42)45-21-9-6-3;1-2-3-7-14-11(13)9-5-4-6-10(12)8-9;8-6-3-1-2-5(4-6)7(9)10;6-1-5(2-7,3-8)4-9;1-4(2)3-5;1-8(2)11(7)12(9(3)4)10(5)6;1-5(2,3)4/h10-18,22-24H,4-9,19-21,25-28H2,1-3H3;4-6,8,12H,2-3,7H2,1H3;1-4,8H,(H,9,10);1-4H2;4-5H,3H2,1-2H3;;(H2,1,2,3,4). The number of halogens is 5. The Balaban J connectivity index is 0. The maximum Gasteiger partial charge on any atom is 0.394 e. The van der Waals surface area contributed by atoms with Crippen molar-refractivity contribution in [3.8, 4) is 28.7 Å². The van der Waals surface area contributed by atoms with Crippen LogP contribution in [0.5, 0.6) is 28.7 Å². The highest BCUT2D eigenvalue weighted by atomic mass is 79.9. The number of carboxylic acids is 1. The molecule has 0 atom stereocenters. The SMILES string of the molecule is BrCC(CBr)(CBr)CBr.CC(C)CO.CCCCOC(=O)c1cccc(O)c1.CCCCOC(=O)c1cccc(OCC(CBr)(COc2cccc(C(=O)OCCCC)c2)COc2cccc(C(=O)OCCCC)c2)c1.O=C(O)c1cccc(O)c1.O=S(=O)(O)O.[B]B([B])B([B])B(B([B])[B])B([B])[B]. The van der Waals surface area contributed by atoms with Gasteiger partial charge in [0.1, 0.15) is 48.6 Å². The molecule has 0 aliphatic carbocycles. The number of aromatic carboxylic acids is 1. The summed E-state index contributed by atoms with van der Waals surface area (Å²) in [6, 6.07) is 32.2. The third kappa shape index (κ3) is 47.7. The Morgan fingerprint density at radius 2 is 0.699 bits per heavy atom. The zero-order valence-electron chi connectivity index (χ0n) is 59.1. The van der Waals surface area contributed by atoms with Gasteiger partial charge in [0, 0.05) is 125 Å². The molecule has 0 aromatic heterocycles. The Labute approximate surface area is 662 Å². The number of phenols is 2. The van der Waals surface area contributed by atoms with Crippen LogP contribution >= 0.6 is 79.6 Å². The number of ether oxygens (including phenoxy) is 7. The molecule has 20 nitrogen and oxygen atoms in total. The molecule has 0 aliphatic rings. The fourth-order valence-corrected chi connectivity index (χ4v) is 13.2. The third-order valence-electron chi connectivity index (χ3n) is 13.5. The largest absolute Gasteiger partial charge is 0.508 e. The number of aliphatic hydroxyl groups is 1. The fourth-order valence-electron chi connectivity index (χ4n) is 7.17. The van der Waals surface area contributed by atoms with E-state index in [-0.39, 0.29) is 42.9 Å². The number of rotatable bonds is 36. The van der Waals surface area contributed by atoms with Gasteiger partial charge in [-0.05, 0) is 123 Å². The summed E-state index contributed by atoms with van der Waals surface area (Å²) in [7, 11) is 33.2. The predicted molar refractivity (Wildman–Crippen MR) is 439 cm³/mol. The minimum absolute atomic E-state index is 0.0279. The van der Waals surface area contributed by atoms with Crippen LogP contribution in [-0.4, -0.2) is 233 Å². The van der Waals surface area contributed by atoms with E-state index >= 15 is 0 Å². The number of esters is 4. The van der Waals surface area contributed by atoms with Crippen LogP contribution in [0.15, 0.2) is 121 Å². The lowest BCUT2D eigenvalue weighted by Gasteiger charge is -2.31. The van der Waals surface area contributed by atoms with Gasteiger partial charge in [0.05, 0.1) is 59.7 Å². The Morgan fingerprint density at radius 1 is 0.447 bits per heavy atom. The van der Waals surface area contributed by atoms with Crippen molar-refractivity contribution in [1.82, 2.24) is 0 Å². The van der Waals surface area contributed by atoms with Crippen LogP contribution in [0.3, 0.4) is 0 Å². The van der Waals surface area contributed by atoms with Crippen LogP contribution in [0.4, 0.5) is 0 Å². The average molecular weight is 1750 g/mol. The smallest absolute Gasteiger partial charge is 0.394 e. The molecule has 5 aromatic rings. The van der Waals surface area contributed by atoms with E-state index in [1.165, 1.54) is 36.4 Å². The number of hydrogen-bond donors (Lipinski definition) is 6. The summed E-state index contributed by atoms with van der Waals surface area (Å²) in [6.45, 7) is 14.3. The van der Waals surface area contributed by atoms with Crippen molar-refractivity contribution in [3.63, 3.8) is 0 Å². The number of phenolic OH excluding ortho intramolecular Hbond substituents is 2. The van der Waals surface area contributed by atoms with Crippen LogP contribution in [0.2, 0.25) is 0 Å². The number of benzene rings is 5. The first kappa shape index (κ1) is 101. The molecule has 0 bridgehead atoms.